The average molecular weight is 240 g/mol. The zero-order valence-electron chi connectivity index (χ0n) is 9.58. The van der Waals surface area contributed by atoms with Gasteiger partial charge in [-0.1, -0.05) is 17.7 Å². The number of rotatable bonds is 2. The van der Waals surface area contributed by atoms with Gasteiger partial charge in [0.25, 0.3) is 0 Å². The first-order valence-corrected chi connectivity index (χ1v) is 6.15. The minimum atomic E-state index is 0.0407. The summed E-state index contributed by atoms with van der Waals surface area (Å²) in [6.45, 7) is 3.72. The van der Waals surface area contributed by atoms with Crippen LogP contribution in [0.4, 0.5) is 0 Å². The quantitative estimate of drug-likeness (QED) is 0.861. The lowest BCUT2D eigenvalue weighted by Crippen LogP contribution is -2.29. The lowest BCUT2D eigenvalue weighted by Gasteiger charge is -2.28. The highest BCUT2D eigenvalue weighted by atomic mass is 35.5. The summed E-state index contributed by atoms with van der Waals surface area (Å²) in [5, 5.41) is 0.757. The van der Waals surface area contributed by atoms with Gasteiger partial charge in [-0.05, 0) is 43.0 Å². The van der Waals surface area contributed by atoms with E-state index in [0.29, 0.717) is 5.92 Å². The molecule has 0 saturated carbocycles. The maximum absolute atomic E-state index is 6.30. The van der Waals surface area contributed by atoms with Crippen molar-refractivity contribution in [2.45, 2.75) is 25.8 Å². The van der Waals surface area contributed by atoms with E-state index in [1.807, 2.05) is 18.2 Å². The molecule has 0 aromatic heterocycles. The molecule has 2 rings (SSSR count). The van der Waals surface area contributed by atoms with Crippen molar-refractivity contribution in [3.05, 3.63) is 34.3 Å². The van der Waals surface area contributed by atoms with Crippen molar-refractivity contribution >= 4 is 11.6 Å². The Labute approximate surface area is 102 Å². The van der Waals surface area contributed by atoms with Crippen LogP contribution < -0.4 is 5.73 Å². The molecule has 1 fully saturated rings. The Bertz CT molecular complexity index is 361. The van der Waals surface area contributed by atoms with Crippen molar-refractivity contribution in [2.24, 2.45) is 11.7 Å². The zero-order chi connectivity index (χ0) is 11.5. The largest absolute Gasteiger partial charge is 0.381 e. The predicted octanol–water partition coefficient (Wildman–Crippen LogP) is 3.07. The number of benzene rings is 1. The molecule has 0 radical (unpaired) electrons. The van der Waals surface area contributed by atoms with E-state index in [1.54, 1.807) is 0 Å². The minimum absolute atomic E-state index is 0.0407. The predicted molar refractivity (Wildman–Crippen MR) is 66.7 cm³/mol. The third-order valence-corrected chi connectivity index (χ3v) is 3.54. The van der Waals surface area contributed by atoms with E-state index in [2.05, 4.69) is 6.92 Å². The number of aryl methyl sites for hydroxylation is 1. The van der Waals surface area contributed by atoms with E-state index in [1.165, 1.54) is 5.56 Å². The van der Waals surface area contributed by atoms with Gasteiger partial charge < -0.3 is 10.5 Å². The molecule has 0 aliphatic carbocycles. The van der Waals surface area contributed by atoms with Crippen LogP contribution in [0.3, 0.4) is 0 Å². The van der Waals surface area contributed by atoms with Gasteiger partial charge >= 0.3 is 0 Å². The van der Waals surface area contributed by atoms with Crippen LogP contribution in [0.25, 0.3) is 0 Å². The van der Waals surface area contributed by atoms with Gasteiger partial charge in [0, 0.05) is 23.6 Å². The molecule has 0 bridgehead atoms. The molecular weight excluding hydrogens is 222 g/mol. The monoisotopic (exact) mass is 239 g/mol. The maximum atomic E-state index is 6.30. The molecule has 1 aromatic rings. The van der Waals surface area contributed by atoms with E-state index >= 15 is 0 Å². The highest BCUT2D eigenvalue weighted by molar-refractivity contribution is 6.30. The summed E-state index contributed by atoms with van der Waals surface area (Å²) in [6, 6.07) is 5.96. The molecule has 0 amide bonds. The Hall–Kier alpha value is -0.570. The summed E-state index contributed by atoms with van der Waals surface area (Å²) in [5.41, 5.74) is 8.67. The van der Waals surface area contributed by atoms with Crippen LogP contribution in [-0.2, 0) is 4.74 Å². The van der Waals surface area contributed by atoms with Crippen LogP contribution in [0.1, 0.15) is 30.0 Å². The van der Waals surface area contributed by atoms with Gasteiger partial charge in [-0.2, -0.15) is 0 Å². The number of halogens is 1. The Morgan fingerprint density at radius 2 is 2.31 bits per heavy atom. The second kappa shape index (κ2) is 5.17. The topological polar surface area (TPSA) is 35.2 Å². The Balaban J connectivity index is 2.18. The smallest absolute Gasteiger partial charge is 0.0512 e. The van der Waals surface area contributed by atoms with E-state index < -0.39 is 0 Å². The van der Waals surface area contributed by atoms with E-state index in [9.17, 15) is 0 Å². The third-order valence-electron chi connectivity index (χ3n) is 3.30. The molecule has 1 aliphatic heterocycles. The number of hydrogen-bond donors (Lipinski definition) is 1. The molecular formula is C13H18ClNO. The summed E-state index contributed by atoms with van der Waals surface area (Å²) < 4.78 is 5.48. The van der Waals surface area contributed by atoms with E-state index in [-0.39, 0.29) is 6.04 Å². The molecule has 1 saturated heterocycles. The van der Waals surface area contributed by atoms with Crippen molar-refractivity contribution in [3.8, 4) is 0 Å². The fourth-order valence-electron chi connectivity index (χ4n) is 2.27. The van der Waals surface area contributed by atoms with Crippen molar-refractivity contribution in [1.82, 2.24) is 0 Å². The van der Waals surface area contributed by atoms with Crippen LogP contribution >= 0.6 is 11.6 Å². The van der Waals surface area contributed by atoms with Gasteiger partial charge in [0.1, 0.15) is 0 Å². The van der Waals surface area contributed by atoms with Crippen LogP contribution in [-0.4, -0.2) is 13.2 Å². The first-order chi connectivity index (χ1) is 7.68. The van der Waals surface area contributed by atoms with E-state index in [0.717, 1.165) is 36.6 Å². The highest BCUT2D eigenvalue weighted by Gasteiger charge is 2.23. The van der Waals surface area contributed by atoms with Gasteiger partial charge in [-0.15, -0.1) is 0 Å². The van der Waals surface area contributed by atoms with Crippen LogP contribution in [0.15, 0.2) is 18.2 Å². The molecule has 3 heteroatoms. The molecule has 16 heavy (non-hydrogen) atoms. The Morgan fingerprint density at radius 3 is 3.00 bits per heavy atom. The van der Waals surface area contributed by atoms with Gasteiger partial charge in [-0.25, -0.2) is 0 Å². The van der Waals surface area contributed by atoms with Crippen LogP contribution in [0.2, 0.25) is 5.02 Å². The molecule has 2 unspecified atom stereocenters. The molecule has 0 spiro atoms. The summed E-state index contributed by atoms with van der Waals surface area (Å²) in [4.78, 5) is 0. The Kier molecular flexibility index (Phi) is 3.85. The number of nitrogens with two attached hydrogens (primary N) is 1. The SMILES string of the molecule is Cc1ccc(Cl)cc1C(N)C1CCCOC1. The minimum Gasteiger partial charge on any atom is -0.381 e. The fraction of sp³-hybridized carbons (Fsp3) is 0.538. The molecule has 2 atom stereocenters. The molecule has 2 nitrogen and oxygen atoms in total. The van der Waals surface area contributed by atoms with Crippen LogP contribution in [0, 0.1) is 12.8 Å². The van der Waals surface area contributed by atoms with Crippen molar-refractivity contribution in [1.29, 1.82) is 0 Å². The van der Waals surface area contributed by atoms with Gasteiger partial charge in [0.15, 0.2) is 0 Å². The van der Waals surface area contributed by atoms with Gasteiger partial charge in [0.2, 0.25) is 0 Å². The fourth-order valence-corrected chi connectivity index (χ4v) is 2.45. The van der Waals surface area contributed by atoms with Gasteiger partial charge in [-0.3, -0.25) is 0 Å². The molecule has 1 aliphatic rings. The summed E-state index contributed by atoms with van der Waals surface area (Å²) in [7, 11) is 0. The average Bonchev–Trinajstić information content (AvgIpc) is 2.32. The standard InChI is InChI=1S/C13H18ClNO/c1-9-4-5-11(14)7-12(9)13(15)10-3-2-6-16-8-10/h4-5,7,10,13H,2-3,6,8,15H2,1H3. The maximum Gasteiger partial charge on any atom is 0.0512 e. The normalized spacial score (nSPS) is 23.1. The van der Waals surface area contributed by atoms with Crippen molar-refractivity contribution in [3.63, 3.8) is 0 Å². The highest BCUT2D eigenvalue weighted by Crippen LogP contribution is 2.30. The first kappa shape index (κ1) is 11.9. The number of ether oxygens (including phenoxy) is 1. The number of hydrogen-bond acceptors (Lipinski definition) is 2. The van der Waals surface area contributed by atoms with Gasteiger partial charge in [0.05, 0.1) is 6.61 Å². The van der Waals surface area contributed by atoms with Crippen molar-refractivity contribution in [2.75, 3.05) is 13.2 Å². The lowest BCUT2D eigenvalue weighted by atomic mass is 9.87. The summed E-state index contributed by atoms with van der Waals surface area (Å²) in [5.74, 6) is 0.422. The second-order valence-electron chi connectivity index (χ2n) is 4.50. The summed E-state index contributed by atoms with van der Waals surface area (Å²) in [6.07, 6.45) is 2.26. The van der Waals surface area contributed by atoms with Crippen LogP contribution in [0.5, 0.6) is 0 Å². The first-order valence-electron chi connectivity index (χ1n) is 5.78. The Morgan fingerprint density at radius 1 is 1.50 bits per heavy atom. The van der Waals surface area contributed by atoms with E-state index in [4.69, 9.17) is 22.1 Å². The zero-order valence-corrected chi connectivity index (χ0v) is 10.3. The molecule has 88 valence electrons. The lowest BCUT2D eigenvalue weighted by molar-refractivity contribution is 0.0447. The second-order valence-corrected chi connectivity index (χ2v) is 4.94. The summed E-state index contributed by atoms with van der Waals surface area (Å²) >= 11 is 6.01. The molecule has 1 aromatic carbocycles. The van der Waals surface area contributed by atoms with Crippen molar-refractivity contribution < 1.29 is 4.74 Å². The third kappa shape index (κ3) is 2.57. The molecule has 2 N–H and O–H groups in total. The molecule has 1 heterocycles.